The summed E-state index contributed by atoms with van der Waals surface area (Å²) in [6.45, 7) is 7.45. The van der Waals surface area contributed by atoms with Crippen LogP contribution in [0.3, 0.4) is 0 Å². The third-order valence-electron chi connectivity index (χ3n) is 3.01. The molecule has 144 valence electrons. The van der Waals surface area contributed by atoms with Crippen LogP contribution in [0.1, 0.15) is 20.3 Å². The molecule has 2 unspecified atom stereocenters. The first-order valence-electron chi connectivity index (χ1n) is 8.11. The Morgan fingerprint density at radius 3 is 1.92 bits per heavy atom. The largest absolute Gasteiger partial charge is 0.469 e. The van der Waals surface area contributed by atoms with Crippen LogP contribution in [0.15, 0.2) is 0 Å². The molecule has 0 aromatic rings. The van der Waals surface area contributed by atoms with Gasteiger partial charge < -0.3 is 23.8 Å². The maximum atomic E-state index is 11.3. The Morgan fingerprint density at radius 2 is 1.42 bits per heavy atom. The molecule has 0 aliphatic carbocycles. The molecule has 3 N–H and O–H groups in total. The van der Waals surface area contributed by atoms with Crippen molar-refractivity contribution in [1.82, 2.24) is 5.48 Å². The second kappa shape index (κ2) is 17.0. The van der Waals surface area contributed by atoms with E-state index in [-0.39, 0.29) is 17.9 Å². The number of ether oxygens (including phenoxy) is 4. The SMILES string of the molecule is COC(=O)C(C)CC(C)NOCCOCCOCCOCCON. The van der Waals surface area contributed by atoms with Crippen molar-refractivity contribution in [3.05, 3.63) is 0 Å². The van der Waals surface area contributed by atoms with Crippen LogP contribution in [0.25, 0.3) is 0 Å². The minimum absolute atomic E-state index is 0.0482. The van der Waals surface area contributed by atoms with E-state index in [4.69, 9.17) is 24.9 Å². The van der Waals surface area contributed by atoms with Gasteiger partial charge in [0.05, 0.1) is 65.9 Å². The normalized spacial score (nSPS) is 13.7. The lowest BCUT2D eigenvalue weighted by Gasteiger charge is -2.16. The Bertz CT molecular complexity index is 295. The van der Waals surface area contributed by atoms with E-state index < -0.39 is 0 Å². The number of carbonyl (C=O) groups is 1. The van der Waals surface area contributed by atoms with E-state index in [1.54, 1.807) is 0 Å². The molecular formula is C15H32N2O7. The van der Waals surface area contributed by atoms with Gasteiger partial charge in [-0.1, -0.05) is 6.92 Å². The summed E-state index contributed by atoms with van der Waals surface area (Å²) >= 11 is 0. The topological polar surface area (TPSA) is 111 Å². The summed E-state index contributed by atoms with van der Waals surface area (Å²) < 4.78 is 20.5. The number of carbonyl (C=O) groups excluding carboxylic acids is 1. The number of esters is 1. The van der Waals surface area contributed by atoms with Gasteiger partial charge in [0.25, 0.3) is 0 Å². The van der Waals surface area contributed by atoms with E-state index in [0.717, 1.165) is 0 Å². The number of nitrogens with two attached hydrogens (primary N) is 1. The molecule has 0 amide bonds. The summed E-state index contributed by atoms with van der Waals surface area (Å²) in [6.07, 6.45) is 0.640. The average molecular weight is 352 g/mol. The molecule has 0 heterocycles. The van der Waals surface area contributed by atoms with Gasteiger partial charge in [-0.3, -0.25) is 9.63 Å². The van der Waals surface area contributed by atoms with Gasteiger partial charge in [0.15, 0.2) is 0 Å². The summed E-state index contributed by atoms with van der Waals surface area (Å²) in [5.41, 5.74) is 2.87. The molecule has 0 spiro atoms. The van der Waals surface area contributed by atoms with Crippen molar-refractivity contribution < 1.29 is 33.4 Å². The second-order valence-electron chi connectivity index (χ2n) is 5.24. The molecule has 0 fully saturated rings. The third kappa shape index (κ3) is 14.8. The van der Waals surface area contributed by atoms with Crippen LogP contribution in [0.4, 0.5) is 0 Å². The van der Waals surface area contributed by atoms with Crippen molar-refractivity contribution in [3.63, 3.8) is 0 Å². The van der Waals surface area contributed by atoms with Crippen LogP contribution in [-0.4, -0.2) is 72.0 Å². The molecular weight excluding hydrogens is 320 g/mol. The minimum Gasteiger partial charge on any atom is -0.469 e. The van der Waals surface area contributed by atoms with Crippen LogP contribution in [0, 0.1) is 5.92 Å². The maximum absolute atomic E-state index is 11.3. The molecule has 2 atom stereocenters. The fourth-order valence-corrected chi connectivity index (χ4v) is 1.83. The van der Waals surface area contributed by atoms with Crippen molar-refractivity contribution in [3.8, 4) is 0 Å². The van der Waals surface area contributed by atoms with Gasteiger partial charge >= 0.3 is 5.97 Å². The van der Waals surface area contributed by atoms with Gasteiger partial charge in [0, 0.05) is 6.04 Å². The van der Waals surface area contributed by atoms with E-state index in [1.165, 1.54) is 7.11 Å². The van der Waals surface area contributed by atoms with Gasteiger partial charge in [-0.25, -0.2) is 5.90 Å². The standard InChI is InChI=1S/C15H32N2O7/c1-13(15(18)19-3)12-14(2)17-24-11-9-22-7-5-20-4-6-21-8-10-23-16/h13-14,17H,4-12,16H2,1-3H3. The molecule has 0 bridgehead atoms. The van der Waals surface area contributed by atoms with E-state index in [1.807, 2.05) is 13.8 Å². The predicted molar refractivity (Wildman–Crippen MR) is 86.9 cm³/mol. The Morgan fingerprint density at radius 1 is 0.917 bits per heavy atom. The van der Waals surface area contributed by atoms with Crippen LogP contribution in [0.5, 0.6) is 0 Å². The number of rotatable bonds is 17. The van der Waals surface area contributed by atoms with Crippen LogP contribution >= 0.6 is 0 Å². The highest BCUT2D eigenvalue weighted by Crippen LogP contribution is 2.07. The summed E-state index contributed by atoms with van der Waals surface area (Å²) in [6, 6.07) is 0.0482. The molecule has 0 rings (SSSR count). The molecule has 0 radical (unpaired) electrons. The zero-order valence-corrected chi connectivity index (χ0v) is 15.0. The zero-order chi connectivity index (χ0) is 18.0. The Hall–Kier alpha value is -0.810. The summed E-state index contributed by atoms with van der Waals surface area (Å²) in [5.74, 6) is 4.47. The first-order valence-corrected chi connectivity index (χ1v) is 8.11. The van der Waals surface area contributed by atoms with Crippen molar-refractivity contribution in [2.75, 3.05) is 60.0 Å². The fraction of sp³-hybridized carbons (Fsp3) is 0.933. The van der Waals surface area contributed by atoms with Crippen molar-refractivity contribution >= 4 is 5.97 Å². The lowest BCUT2D eigenvalue weighted by molar-refractivity contribution is -0.145. The highest BCUT2D eigenvalue weighted by molar-refractivity contribution is 5.71. The smallest absolute Gasteiger partial charge is 0.308 e. The van der Waals surface area contributed by atoms with E-state index >= 15 is 0 Å². The van der Waals surface area contributed by atoms with Crippen molar-refractivity contribution in [1.29, 1.82) is 0 Å². The van der Waals surface area contributed by atoms with E-state index in [9.17, 15) is 4.79 Å². The Balaban J connectivity index is 3.26. The molecule has 0 aromatic heterocycles. The number of nitrogens with one attached hydrogen (secondary N) is 1. The van der Waals surface area contributed by atoms with Crippen molar-refractivity contribution in [2.24, 2.45) is 11.8 Å². The lowest BCUT2D eigenvalue weighted by Crippen LogP contribution is -2.31. The molecule has 0 saturated carbocycles. The van der Waals surface area contributed by atoms with Crippen molar-refractivity contribution in [2.45, 2.75) is 26.3 Å². The quantitative estimate of drug-likeness (QED) is 0.213. The lowest BCUT2D eigenvalue weighted by atomic mass is 10.0. The molecule has 24 heavy (non-hydrogen) atoms. The van der Waals surface area contributed by atoms with Gasteiger partial charge in [0.2, 0.25) is 0 Å². The summed E-state index contributed by atoms with van der Waals surface area (Å²) in [4.78, 5) is 20.9. The summed E-state index contributed by atoms with van der Waals surface area (Å²) in [5, 5.41) is 0. The average Bonchev–Trinajstić information content (AvgIpc) is 2.58. The molecule has 0 aromatic carbocycles. The molecule has 0 aliphatic rings. The zero-order valence-electron chi connectivity index (χ0n) is 15.0. The first-order chi connectivity index (χ1) is 11.6. The minimum atomic E-state index is -0.218. The van der Waals surface area contributed by atoms with Crippen LogP contribution < -0.4 is 11.4 Å². The van der Waals surface area contributed by atoms with E-state index in [2.05, 4.69) is 15.1 Å². The molecule has 9 heteroatoms. The highest BCUT2D eigenvalue weighted by Gasteiger charge is 2.16. The Labute approximate surface area is 143 Å². The van der Waals surface area contributed by atoms with Gasteiger partial charge in [-0.05, 0) is 13.3 Å². The Kier molecular flexibility index (Phi) is 16.5. The van der Waals surface area contributed by atoms with Gasteiger partial charge in [0.1, 0.15) is 0 Å². The predicted octanol–water partition coefficient (Wildman–Crippen LogP) is 0.0354. The monoisotopic (exact) mass is 352 g/mol. The highest BCUT2D eigenvalue weighted by atomic mass is 16.7. The second-order valence-corrected chi connectivity index (χ2v) is 5.24. The molecule has 0 saturated heterocycles. The number of methoxy groups -OCH3 is 1. The van der Waals surface area contributed by atoms with Crippen LogP contribution in [0.2, 0.25) is 0 Å². The first kappa shape index (κ1) is 23.2. The van der Waals surface area contributed by atoms with E-state index in [0.29, 0.717) is 59.3 Å². The van der Waals surface area contributed by atoms with Gasteiger partial charge in [-0.2, -0.15) is 5.48 Å². The van der Waals surface area contributed by atoms with Crippen LogP contribution in [-0.2, 0) is 33.4 Å². The van der Waals surface area contributed by atoms with Gasteiger partial charge in [-0.15, -0.1) is 0 Å². The number of hydrogen-bond donors (Lipinski definition) is 2. The number of hydroxylamine groups is 1. The fourth-order valence-electron chi connectivity index (χ4n) is 1.83. The molecule has 0 aliphatic heterocycles. The third-order valence-corrected chi connectivity index (χ3v) is 3.01. The maximum Gasteiger partial charge on any atom is 0.308 e. The molecule has 9 nitrogen and oxygen atoms in total. The summed E-state index contributed by atoms with van der Waals surface area (Å²) in [7, 11) is 1.39. The number of hydrogen-bond acceptors (Lipinski definition) is 9.